The third-order valence-electron chi connectivity index (χ3n) is 2.73. The molecule has 0 atom stereocenters. The van der Waals surface area contributed by atoms with Crippen LogP contribution in [0.1, 0.15) is 19.4 Å². The summed E-state index contributed by atoms with van der Waals surface area (Å²) in [6.45, 7) is 7.49. The minimum atomic E-state index is 0.780. The monoisotopic (exact) mass is 226 g/mol. The maximum atomic E-state index is 6.10. The van der Waals surface area contributed by atoms with E-state index in [0.717, 1.165) is 42.3 Å². The van der Waals surface area contributed by atoms with Gasteiger partial charge in [-0.05, 0) is 37.2 Å². The summed E-state index contributed by atoms with van der Waals surface area (Å²) in [6.07, 6.45) is 0.924. The Morgan fingerprint density at radius 3 is 2.47 bits per heavy atom. The van der Waals surface area contributed by atoms with Crippen molar-refractivity contribution >= 4 is 17.3 Å². The van der Waals surface area contributed by atoms with Crippen LogP contribution in [0.4, 0.5) is 5.69 Å². The van der Waals surface area contributed by atoms with E-state index in [1.807, 2.05) is 18.2 Å². The van der Waals surface area contributed by atoms with Gasteiger partial charge in [-0.15, -0.1) is 0 Å². The average molecular weight is 227 g/mol. The smallest absolute Gasteiger partial charge is 0.0459 e. The molecule has 0 amide bonds. The minimum Gasteiger partial charge on any atom is -0.398 e. The summed E-state index contributed by atoms with van der Waals surface area (Å²) < 4.78 is 0. The highest BCUT2D eigenvalue weighted by molar-refractivity contribution is 6.31. The molecule has 1 rings (SSSR count). The second kappa shape index (κ2) is 5.99. The van der Waals surface area contributed by atoms with Gasteiger partial charge in [0.15, 0.2) is 0 Å². The summed E-state index contributed by atoms with van der Waals surface area (Å²) in [6, 6.07) is 5.69. The van der Waals surface area contributed by atoms with Crippen LogP contribution in [0.25, 0.3) is 0 Å². The second-order valence-electron chi connectivity index (χ2n) is 3.58. The van der Waals surface area contributed by atoms with Crippen LogP contribution >= 0.6 is 11.6 Å². The van der Waals surface area contributed by atoms with Gasteiger partial charge in [0.1, 0.15) is 0 Å². The van der Waals surface area contributed by atoms with Crippen molar-refractivity contribution in [1.82, 2.24) is 4.90 Å². The molecule has 0 aliphatic carbocycles. The van der Waals surface area contributed by atoms with Crippen molar-refractivity contribution in [2.45, 2.75) is 20.3 Å². The molecule has 1 aromatic carbocycles. The molecular formula is C12H19ClN2. The summed E-state index contributed by atoms with van der Waals surface area (Å²) in [5.41, 5.74) is 7.76. The molecule has 0 heterocycles. The van der Waals surface area contributed by atoms with Gasteiger partial charge in [-0.1, -0.05) is 31.5 Å². The first-order valence-corrected chi connectivity index (χ1v) is 5.82. The Morgan fingerprint density at radius 1 is 1.27 bits per heavy atom. The lowest BCUT2D eigenvalue weighted by molar-refractivity contribution is 0.308. The van der Waals surface area contributed by atoms with Crippen LogP contribution in [0.3, 0.4) is 0 Å². The number of halogens is 1. The van der Waals surface area contributed by atoms with Gasteiger partial charge in [0, 0.05) is 17.3 Å². The zero-order chi connectivity index (χ0) is 11.3. The van der Waals surface area contributed by atoms with E-state index in [0.29, 0.717) is 0 Å². The first-order chi connectivity index (χ1) is 7.19. The molecule has 2 N–H and O–H groups in total. The summed E-state index contributed by atoms with van der Waals surface area (Å²) in [5, 5.41) is 0.780. The molecule has 0 saturated heterocycles. The normalized spacial score (nSPS) is 10.9. The molecular weight excluding hydrogens is 208 g/mol. The molecule has 0 bridgehead atoms. The lowest BCUT2D eigenvalue weighted by atomic mass is 10.1. The van der Waals surface area contributed by atoms with E-state index in [-0.39, 0.29) is 0 Å². The van der Waals surface area contributed by atoms with E-state index in [4.69, 9.17) is 17.3 Å². The number of benzene rings is 1. The molecule has 0 unspecified atom stereocenters. The number of nitrogen functional groups attached to an aromatic ring is 1. The fraction of sp³-hybridized carbons (Fsp3) is 0.500. The predicted octanol–water partition coefficient (Wildman–Crippen LogP) is 2.81. The van der Waals surface area contributed by atoms with Crippen LogP contribution in [0.5, 0.6) is 0 Å². The van der Waals surface area contributed by atoms with Gasteiger partial charge in [-0.3, -0.25) is 0 Å². The number of hydrogen-bond donors (Lipinski definition) is 1. The number of nitrogens with two attached hydrogens (primary N) is 1. The Kier molecular flexibility index (Phi) is 4.92. The summed E-state index contributed by atoms with van der Waals surface area (Å²) in [7, 11) is 0. The Balaban J connectivity index is 2.64. The molecule has 2 nitrogen and oxygen atoms in total. The van der Waals surface area contributed by atoms with Gasteiger partial charge in [0.2, 0.25) is 0 Å². The Morgan fingerprint density at radius 2 is 1.93 bits per heavy atom. The number of likely N-dealkylation sites (N-methyl/N-ethyl adjacent to an activating group) is 1. The Labute approximate surface area is 97.0 Å². The number of hydrogen-bond acceptors (Lipinski definition) is 2. The molecule has 15 heavy (non-hydrogen) atoms. The molecule has 0 aliphatic heterocycles. The summed E-state index contributed by atoms with van der Waals surface area (Å²) in [5.74, 6) is 0. The number of nitrogens with zero attached hydrogens (tertiary/aromatic N) is 1. The third-order valence-corrected chi connectivity index (χ3v) is 3.08. The van der Waals surface area contributed by atoms with Crippen molar-refractivity contribution in [2.75, 3.05) is 25.4 Å². The summed E-state index contributed by atoms with van der Waals surface area (Å²) in [4.78, 5) is 2.36. The lowest BCUT2D eigenvalue weighted by Gasteiger charge is -2.18. The van der Waals surface area contributed by atoms with Crippen LogP contribution in [0.15, 0.2) is 18.2 Å². The van der Waals surface area contributed by atoms with Crippen LogP contribution in [-0.4, -0.2) is 24.5 Å². The van der Waals surface area contributed by atoms with Crippen molar-refractivity contribution < 1.29 is 0 Å². The van der Waals surface area contributed by atoms with E-state index < -0.39 is 0 Å². The SMILES string of the molecule is CCN(CC)CCc1c(N)cccc1Cl. The van der Waals surface area contributed by atoms with Crippen molar-refractivity contribution in [2.24, 2.45) is 0 Å². The van der Waals surface area contributed by atoms with Gasteiger partial charge in [-0.2, -0.15) is 0 Å². The van der Waals surface area contributed by atoms with E-state index >= 15 is 0 Å². The standard InChI is InChI=1S/C12H19ClN2/c1-3-15(4-2)9-8-10-11(13)6-5-7-12(10)14/h5-7H,3-4,8-9,14H2,1-2H3. The van der Waals surface area contributed by atoms with Gasteiger partial charge in [0.05, 0.1) is 0 Å². The van der Waals surface area contributed by atoms with Crippen molar-refractivity contribution in [3.05, 3.63) is 28.8 Å². The molecule has 0 saturated carbocycles. The van der Waals surface area contributed by atoms with Gasteiger partial charge in [0.25, 0.3) is 0 Å². The molecule has 84 valence electrons. The fourth-order valence-electron chi connectivity index (χ4n) is 1.65. The first-order valence-electron chi connectivity index (χ1n) is 5.44. The van der Waals surface area contributed by atoms with Crippen LogP contribution in [-0.2, 0) is 6.42 Å². The minimum absolute atomic E-state index is 0.780. The number of anilines is 1. The van der Waals surface area contributed by atoms with Crippen molar-refractivity contribution in [3.8, 4) is 0 Å². The maximum absolute atomic E-state index is 6.10. The summed E-state index contributed by atoms with van der Waals surface area (Å²) >= 11 is 6.10. The second-order valence-corrected chi connectivity index (χ2v) is 3.99. The molecule has 0 radical (unpaired) electrons. The zero-order valence-electron chi connectivity index (χ0n) is 9.46. The van der Waals surface area contributed by atoms with Crippen molar-refractivity contribution in [1.29, 1.82) is 0 Å². The highest BCUT2D eigenvalue weighted by atomic mass is 35.5. The molecule has 0 aliphatic rings. The number of rotatable bonds is 5. The van der Waals surface area contributed by atoms with Crippen molar-refractivity contribution in [3.63, 3.8) is 0 Å². The first kappa shape index (κ1) is 12.3. The van der Waals surface area contributed by atoms with Crippen LogP contribution in [0, 0.1) is 0 Å². The van der Waals surface area contributed by atoms with Gasteiger partial charge in [-0.25, -0.2) is 0 Å². The molecule has 0 aromatic heterocycles. The lowest BCUT2D eigenvalue weighted by Crippen LogP contribution is -2.25. The quantitative estimate of drug-likeness (QED) is 0.783. The van der Waals surface area contributed by atoms with E-state index in [2.05, 4.69) is 18.7 Å². The van der Waals surface area contributed by atoms with E-state index in [9.17, 15) is 0 Å². The predicted molar refractivity (Wildman–Crippen MR) is 67.4 cm³/mol. The molecule has 0 fully saturated rings. The Hall–Kier alpha value is -0.730. The topological polar surface area (TPSA) is 29.3 Å². The molecule has 1 aromatic rings. The molecule has 3 heteroatoms. The maximum Gasteiger partial charge on any atom is 0.0459 e. The highest BCUT2D eigenvalue weighted by Gasteiger charge is 2.06. The third kappa shape index (κ3) is 3.40. The average Bonchev–Trinajstić information content (AvgIpc) is 2.23. The van der Waals surface area contributed by atoms with Gasteiger partial charge >= 0.3 is 0 Å². The zero-order valence-corrected chi connectivity index (χ0v) is 10.2. The van der Waals surface area contributed by atoms with Crippen LogP contribution < -0.4 is 5.73 Å². The largest absolute Gasteiger partial charge is 0.398 e. The fourth-order valence-corrected chi connectivity index (χ4v) is 1.93. The Bertz CT molecular complexity index is 288. The van der Waals surface area contributed by atoms with E-state index in [1.54, 1.807) is 0 Å². The molecule has 0 spiro atoms. The van der Waals surface area contributed by atoms with Gasteiger partial charge < -0.3 is 10.6 Å². The van der Waals surface area contributed by atoms with Crippen LogP contribution in [0.2, 0.25) is 5.02 Å². The highest BCUT2D eigenvalue weighted by Crippen LogP contribution is 2.22. The van der Waals surface area contributed by atoms with E-state index in [1.165, 1.54) is 0 Å².